The molecule has 3 aliphatic heterocycles. The van der Waals surface area contributed by atoms with Gasteiger partial charge in [0.2, 0.25) is 11.8 Å². The van der Waals surface area contributed by atoms with Gasteiger partial charge in [0, 0.05) is 33.1 Å². The van der Waals surface area contributed by atoms with Gasteiger partial charge in [0.25, 0.3) is 21.8 Å². The number of sulfonamides is 1. The number of carbonyl (C=O) groups is 9. The lowest BCUT2D eigenvalue weighted by Gasteiger charge is -2.26. The van der Waals surface area contributed by atoms with Crippen LogP contribution >= 0.6 is 12.4 Å². The first kappa shape index (κ1) is 88.4. The van der Waals surface area contributed by atoms with Crippen molar-refractivity contribution in [3.05, 3.63) is 134 Å². The predicted molar refractivity (Wildman–Crippen MR) is 422 cm³/mol. The van der Waals surface area contributed by atoms with E-state index in [4.69, 9.17) is 35.7 Å². The fourth-order valence-corrected chi connectivity index (χ4v) is 19.3. The van der Waals surface area contributed by atoms with Crippen LogP contribution in [0.15, 0.2) is 100.0 Å². The topological polar surface area (TPSA) is 376 Å². The minimum atomic E-state index is -4.00. The molecular formula is C84H115ClN10O17S. The van der Waals surface area contributed by atoms with Gasteiger partial charge < -0.3 is 29.4 Å². The highest BCUT2D eigenvalue weighted by Gasteiger charge is 2.54. The van der Waals surface area contributed by atoms with Crippen LogP contribution in [0.4, 0.5) is 14.4 Å². The zero-order valence-electron chi connectivity index (χ0n) is 66.9. The molecule has 3 aromatic carbocycles. The van der Waals surface area contributed by atoms with Crippen LogP contribution in [0.2, 0.25) is 0 Å². The molecule has 0 radical (unpaired) electrons. The number of allylic oxidation sites excluding steroid dienone is 1. The quantitative estimate of drug-likeness (QED) is 0.0127. The van der Waals surface area contributed by atoms with Crippen molar-refractivity contribution in [3.8, 4) is 0 Å². The molecule has 12 aliphatic rings. The second-order valence-corrected chi connectivity index (χ2v) is 35.5. The number of fused-ring (bicyclic) bond motifs is 4. The van der Waals surface area contributed by atoms with Gasteiger partial charge in [0.1, 0.15) is 31.4 Å². The van der Waals surface area contributed by atoms with Crippen LogP contribution in [0.25, 0.3) is 20.9 Å². The SMILES string of the molecule is C=CCCC[C@@H]1C[C@H]1OC(=O)ON1C(=O)CCC1=O.CC(C)c1cc(C(C)C)c(S(=O)(=O)N=[N+]=[N-])c(C(C)C)c1.COC(=O)[C@@H](C)C1C[C@@H]2C[C@@H]2C1.COC(=O)[C@@H](N)C1C[C@@H]2C[C@@H]2C1.C[C@H](C(=O)N1C(=O)OC[C@@H]1Cc1ccccc1)C1C[C@@H]2C[C@@H]2C1.Cl.[N-]=[N+]=N[C@H](C(=O)N1C(=O)OC[C@@H]1Cc1ccccc1)C1C[C@@H]2C[C@@H]2C1. The number of hydrogen-bond donors (Lipinski definition) is 1. The molecule has 0 bridgehead atoms. The average molecular weight is 1600 g/mol. The van der Waals surface area contributed by atoms with E-state index in [2.05, 4.69) is 49.5 Å². The molecular weight excluding hydrogens is 1490 g/mol. The maximum absolute atomic E-state index is 13.0. The number of azide groups is 2. The highest BCUT2D eigenvalue weighted by molar-refractivity contribution is 7.90. The fourth-order valence-electron chi connectivity index (χ4n) is 18.0. The molecule has 9 saturated carbocycles. The van der Waals surface area contributed by atoms with Crippen LogP contribution in [0, 0.1) is 88.8 Å². The summed E-state index contributed by atoms with van der Waals surface area (Å²) in [5.74, 6) is 7.23. The molecule has 20 atom stereocenters. The lowest BCUT2D eigenvalue weighted by molar-refractivity contribution is -0.177. The largest absolute Gasteiger partial charge is 0.534 e. The molecule has 2 N–H and O–H groups in total. The highest BCUT2D eigenvalue weighted by atomic mass is 35.5. The van der Waals surface area contributed by atoms with Crippen molar-refractivity contribution in [2.24, 2.45) is 104 Å². The number of benzene rings is 3. The summed E-state index contributed by atoms with van der Waals surface area (Å²) < 4.78 is 52.4. The van der Waals surface area contributed by atoms with Gasteiger partial charge in [-0.3, -0.25) is 33.6 Å². The van der Waals surface area contributed by atoms with Crippen molar-refractivity contribution in [1.29, 1.82) is 0 Å². The Kier molecular flexibility index (Phi) is 31.0. The Balaban J connectivity index is 0.000000158. The molecule has 27 nitrogen and oxygen atoms in total. The maximum atomic E-state index is 13.0. The number of amides is 6. The molecule has 616 valence electrons. The Hall–Kier alpha value is -8.55. The van der Waals surface area contributed by atoms with Crippen molar-refractivity contribution in [2.75, 3.05) is 27.4 Å². The predicted octanol–water partition coefficient (Wildman–Crippen LogP) is 16.4. The van der Waals surface area contributed by atoms with Gasteiger partial charge in [0.05, 0.1) is 37.1 Å². The number of unbranched alkanes of at least 4 members (excludes halogenated alkanes) is 1. The molecule has 15 rings (SSSR count). The van der Waals surface area contributed by atoms with E-state index in [1.165, 1.54) is 62.5 Å². The van der Waals surface area contributed by atoms with Crippen LogP contribution in [0.1, 0.15) is 217 Å². The van der Waals surface area contributed by atoms with Gasteiger partial charge in [-0.25, -0.2) is 32.6 Å². The summed E-state index contributed by atoms with van der Waals surface area (Å²) in [7, 11) is -1.11. The zero-order chi connectivity index (χ0) is 81.0. The standard InChI is InChI=1S/C19H23NO3.C18H20N4O3.C15H23N3O2S.C13H17NO5.C10H16O2.C9H15NO2.ClH/c1-12(14-8-15-10-16(15)9-14)18(21)20-17(11-23-19(20)22)7-13-5-3-2-4-6-13;19-21-20-16(14-8-12-7-13(12)9-14)17(23)22-15(10-25-18(22)24)6-11-4-2-1-3-5-11;1-9(2)12-7-13(10(3)4)15(14(8-12)11(5)6)21(19,20)18-17-16;1-2-3-4-5-9-8-10(9)18-13(17)19-14-11(15)6-7-12(14)16;1-6(10(11)12-2)7-3-8-5-9(8)4-7;1-12-9(11)8(10)7-3-5-2-6(5)4-7;/h2-6,12,14-17H,7-11H2,1H3;1-5,12-16H,6-10H2;7-11H,1-6H3;2,9-10H,1,3-8H2;6-9H,3-5H2,1-2H3;5-8H,2-4,10H2,1H3;1H/t12-,14?,15-,16+,17-;12-,13+,14?,15-,16-;;9-,10-;6-,7?,8-,9+;5-,6+,7?,8-;/m00.100./s1. The summed E-state index contributed by atoms with van der Waals surface area (Å²) >= 11 is 0. The Morgan fingerprint density at radius 1 is 0.593 bits per heavy atom. The third-order valence-corrected chi connectivity index (χ3v) is 26.4. The minimum absolute atomic E-state index is 0. The van der Waals surface area contributed by atoms with Crippen molar-refractivity contribution < 1.29 is 80.1 Å². The van der Waals surface area contributed by atoms with Gasteiger partial charge in [-0.2, -0.15) is 0 Å². The second-order valence-electron chi connectivity index (χ2n) is 33.9. The van der Waals surface area contributed by atoms with E-state index in [1.807, 2.05) is 120 Å². The Morgan fingerprint density at radius 3 is 1.44 bits per heavy atom. The normalized spacial score (nSPS) is 28.7. The van der Waals surface area contributed by atoms with E-state index in [9.17, 15) is 51.6 Å². The number of esters is 2. The number of halogens is 1. The summed E-state index contributed by atoms with van der Waals surface area (Å²) in [5.41, 5.74) is 27.9. The van der Waals surface area contributed by atoms with Crippen LogP contribution in [0.3, 0.4) is 0 Å². The first-order valence-electron chi connectivity index (χ1n) is 40.3. The van der Waals surface area contributed by atoms with Crippen molar-refractivity contribution >= 4 is 76.3 Å². The number of nitrogens with zero attached hydrogens (tertiary/aromatic N) is 9. The first-order chi connectivity index (χ1) is 53.5. The molecule has 12 fully saturated rings. The summed E-state index contributed by atoms with van der Waals surface area (Å²) in [6.45, 7) is 20.0. The number of methoxy groups -OCH3 is 2. The van der Waals surface area contributed by atoms with E-state index in [1.54, 1.807) is 0 Å². The lowest BCUT2D eigenvalue weighted by Crippen LogP contribution is -2.47. The van der Waals surface area contributed by atoms with Crippen LogP contribution in [-0.4, -0.2) is 135 Å². The molecule has 0 spiro atoms. The average Bonchev–Trinajstić information content (AvgIpc) is 1.74. The number of hydroxylamine groups is 2. The third kappa shape index (κ3) is 23.2. The lowest BCUT2D eigenvalue weighted by atomic mass is 9.88. The van der Waals surface area contributed by atoms with Gasteiger partial charge in [0.15, 0.2) is 0 Å². The summed E-state index contributed by atoms with van der Waals surface area (Å²) in [5, 5.41) is 4.26. The van der Waals surface area contributed by atoms with E-state index < -0.39 is 52.1 Å². The zero-order valence-corrected chi connectivity index (χ0v) is 68.5. The number of nitrogens with two attached hydrogens (primary N) is 1. The number of imide groups is 3. The van der Waals surface area contributed by atoms with E-state index in [-0.39, 0.29) is 108 Å². The molecule has 3 saturated heterocycles. The van der Waals surface area contributed by atoms with Crippen LogP contribution < -0.4 is 5.73 Å². The molecule has 3 heterocycles. The summed E-state index contributed by atoms with van der Waals surface area (Å²) in [6, 6.07) is 21.8. The maximum Gasteiger partial charge on any atom is 0.534 e. The molecule has 0 aromatic heterocycles. The smallest absolute Gasteiger partial charge is 0.469 e. The van der Waals surface area contributed by atoms with Crippen molar-refractivity contribution in [1.82, 2.24) is 14.9 Å². The molecule has 3 aromatic rings. The molecule has 4 unspecified atom stereocenters. The number of rotatable bonds is 24. The van der Waals surface area contributed by atoms with E-state index in [0.717, 1.165) is 128 Å². The molecule has 113 heavy (non-hydrogen) atoms. The van der Waals surface area contributed by atoms with Crippen LogP contribution in [-0.2, 0) is 80.2 Å². The number of carbonyl (C=O) groups excluding carboxylic acids is 9. The van der Waals surface area contributed by atoms with Gasteiger partial charge in [-0.05, 0) is 249 Å². The minimum Gasteiger partial charge on any atom is -0.469 e. The fraction of sp³-hybridized carbons (Fsp3) is 0.655. The summed E-state index contributed by atoms with van der Waals surface area (Å²) in [6.07, 6.45) is 19.1. The van der Waals surface area contributed by atoms with E-state index >= 15 is 0 Å². The van der Waals surface area contributed by atoms with E-state index in [0.29, 0.717) is 65.9 Å². The molecule has 9 aliphatic carbocycles. The second kappa shape index (κ2) is 39.7. The van der Waals surface area contributed by atoms with Gasteiger partial charge >= 0.3 is 30.3 Å². The highest BCUT2D eigenvalue weighted by Crippen LogP contribution is 2.59. The number of cyclic esters (lactones) is 2. The van der Waals surface area contributed by atoms with Gasteiger partial charge in [-0.15, -0.1) is 19.0 Å². The number of hydrogen-bond acceptors (Lipinski definition) is 19. The van der Waals surface area contributed by atoms with Crippen molar-refractivity contribution in [3.63, 3.8) is 0 Å². The van der Waals surface area contributed by atoms with Gasteiger partial charge in [-0.1, -0.05) is 144 Å². The molecule has 6 amide bonds. The number of ether oxygens (including phenoxy) is 5. The Bertz CT molecular complexity index is 3990. The first-order valence-corrected chi connectivity index (χ1v) is 41.8. The molecule has 29 heteroatoms. The Morgan fingerprint density at radius 2 is 1.03 bits per heavy atom. The van der Waals surface area contributed by atoms with Crippen LogP contribution in [0.5, 0.6) is 0 Å². The third-order valence-electron chi connectivity index (χ3n) is 25.1. The summed E-state index contributed by atoms with van der Waals surface area (Å²) in [4.78, 5) is 119. The Labute approximate surface area is 670 Å². The monoisotopic (exact) mass is 1600 g/mol. The van der Waals surface area contributed by atoms with Crippen molar-refractivity contribution in [2.45, 2.75) is 237 Å².